The van der Waals surface area contributed by atoms with Gasteiger partial charge in [0.25, 0.3) is 0 Å². The molecular formula is C24H28FNO3. The zero-order valence-corrected chi connectivity index (χ0v) is 16.8. The topological polar surface area (TPSA) is 41.9 Å². The Bertz CT molecular complexity index is 870. The summed E-state index contributed by atoms with van der Waals surface area (Å²) in [5, 5.41) is 11.3. The number of nitrogens with zero attached hydrogens (tertiary/aromatic N) is 1. The van der Waals surface area contributed by atoms with Crippen LogP contribution in [0.4, 0.5) is 4.39 Å². The summed E-state index contributed by atoms with van der Waals surface area (Å²) in [7, 11) is 1.64. The van der Waals surface area contributed by atoms with E-state index in [1.165, 1.54) is 12.1 Å². The van der Waals surface area contributed by atoms with E-state index in [1.807, 2.05) is 18.2 Å². The van der Waals surface area contributed by atoms with Crippen molar-refractivity contribution in [3.63, 3.8) is 0 Å². The minimum atomic E-state index is -0.971. The minimum absolute atomic E-state index is 0.250. The third-order valence-corrected chi connectivity index (χ3v) is 6.26. The first-order valence-electron chi connectivity index (χ1n) is 10.2. The molecule has 4 rings (SSSR count). The molecule has 2 aliphatic heterocycles. The summed E-state index contributed by atoms with van der Waals surface area (Å²) in [6.45, 7) is 4.88. The van der Waals surface area contributed by atoms with Gasteiger partial charge in [0.15, 0.2) is 11.5 Å². The van der Waals surface area contributed by atoms with Crippen LogP contribution >= 0.6 is 0 Å². The van der Waals surface area contributed by atoms with Gasteiger partial charge in [0.2, 0.25) is 0 Å². The molecule has 2 aromatic rings. The molecule has 29 heavy (non-hydrogen) atoms. The Kier molecular flexibility index (Phi) is 5.61. The van der Waals surface area contributed by atoms with E-state index < -0.39 is 5.60 Å². The van der Waals surface area contributed by atoms with Crippen LogP contribution in [0.25, 0.3) is 0 Å². The molecule has 154 valence electrons. The number of fused-ring (bicyclic) bond motifs is 2. The number of rotatable bonds is 7. The van der Waals surface area contributed by atoms with Gasteiger partial charge < -0.3 is 14.6 Å². The Balaban J connectivity index is 1.56. The Morgan fingerprint density at radius 3 is 2.59 bits per heavy atom. The van der Waals surface area contributed by atoms with E-state index in [4.69, 9.17) is 9.47 Å². The fourth-order valence-electron chi connectivity index (χ4n) is 4.94. The molecule has 0 unspecified atom stereocenters. The van der Waals surface area contributed by atoms with E-state index in [9.17, 15) is 9.50 Å². The standard InChI is InChI=1S/C24H28FNO3/c1-3-12-29-23-17(6-4-9-22(23)28-2)16-26-20-10-11-21(26)15-24(27,14-20)18-7-5-8-19(25)13-18/h3-9,13,20-21,27H,1,10-12,14-16H2,2H3/t20-,21-/m1/s1. The average Bonchev–Trinajstić information content (AvgIpc) is 2.96. The normalized spacial score (nSPS) is 26.3. The van der Waals surface area contributed by atoms with E-state index >= 15 is 0 Å². The van der Waals surface area contributed by atoms with Crippen molar-refractivity contribution in [2.45, 2.75) is 49.9 Å². The zero-order chi connectivity index (χ0) is 20.4. The van der Waals surface area contributed by atoms with Crippen LogP contribution < -0.4 is 9.47 Å². The molecule has 2 fully saturated rings. The van der Waals surface area contributed by atoms with E-state index in [-0.39, 0.29) is 17.9 Å². The van der Waals surface area contributed by atoms with E-state index in [2.05, 4.69) is 17.5 Å². The summed E-state index contributed by atoms with van der Waals surface area (Å²) in [4.78, 5) is 2.46. The van der Waals surface area contributed by atoms with E-state index in [1.54, 1.807) is 19.3 Å². The lowest BCUT2D eigenvalue weighted by Gasteiger charge is -2.44. The molecule has 2 saturated heterocycles. The van der Waals surface area contributed by atoms with Crippen molar-refractivity contribution in [2.75, 3.05) is 13.7 Å². The zero-order valence-electron chi connectivity index (χ0n) is 16.8. The first-order valence-corrected chi connectivity index (χ1v) is 10.2. The van der Waals surface area contributed by atoms with Gasteiger partial charge in [0, 0.05) is 24.2 Å². The maximum Gasteiger partial charge on any atom is 0.166 e. The molecule has 0 aliphatic carbocycles. The second-order valence-corrected chi connectivity index (χ2v) is 8.06. The number of halogens is 1. The lowest BCUT2D eigenvalue weighted by atomic mass is 9.80. The molecule has 1 N–H and O–H groups in total. The van der Waals surface area contributed by atoms with Gasteiger partial charge in [0.05, 0.1) is 12.7 Å². The Morgan fingerprint density at radius 1 is 1.21 bits per heavy atom. The molecule has 0 spiro atoms. The predicted octanol–water partition coefficient (Wildman–Crippen LogP) is 4.41. The molecule has 4 nitrogen and oxygen atoms in total. The van der Waals surface area contributed by atoms with Gasteiger partial charge in [-0.15, -0.1) is 0 Å². The molecule has 2 heterocycles. The maximum atomic E-state index is 13.7. The third kappa shape index (κ3) is 3.89. The molecule has 2 aromatic carbocycles. The Morgan fingerprint density at radius 2 is 1.93 bits per heavy atom. The van der Waals surface area contributed by atoms with Crippen molar-refractivity contribution in [3.8, 4) is 11.5 Å². The molecule has 0 saturated carbocycles. The van der Waals surface area contributed by atoms with Crippen molar-refractivity contribution in [1.29, 1.82) is 0 Å². The smallest absolute Gasteiger partial charge is 0.166 e. The first-order chi connectivity index (χ1) is 14.0. The van der Waals surface area contributed by atoms with Crippen LogP contribution in [0.3, 0.4) is 0 Å². The van der Waals surface area contributed by atoms with Gasteiger partial charge in [-0.3, -0.25) is 4.90 Å². The second kappa shape index (κ2) is 8.17. The van der Waals surface area contributed by atoms with Crippen molar-refractivity contribution in [2.24, 2.45) is 0 Å². The first kappa shape index (κ1) is 19.9. The van der Waals surface area contributed by atoms with E-state index in [0.717, 1.165) is 30.7 Å². The van der Waals surface area contributed by atoms with Crippen molar-refractivity contribution >= 4 is 0 Å². The third-order valence-electron chi connectivity index (χ3n) is 6.26. The van der Waals surface area contributed by atoms with Gasteiger partial charge in [-0.05, 0) is 49.4 Å². The largest absolute Gasteiger partial charge is 0.493 e. The summed E-state index contributed by atoms with van der Waals surface area (Å²) < 4.78 is 25.1. The second-order valence-electron chi connectivity index (χ2n) is 8.06. The van der Waals surface area contributed by atoms with Gasteiger partial charge in [-0.1, -0.05) is 36.9 Å². The summed E-state index contributed by atoms with van der Waals surface area (Å²) >= 11 is 0. The molecule has 0 amide bonds. The highest BCUT2D eigenvalue weighted by atomic mass is 19.1. The van der Waals surface area contributed by atoms with Crippen LogP contribution in [0.15, 0.2) is 55.1 Å². The number of piperidine rings is 1. The fourth-order valence-corrected chi connectivity index (χ4v) is 4.94. The van der Waals surface area contributed by atoms with Crippen molar-refractivity contribution in [3.05, 3.63) is 72.1 Å². The number of hydrogen-bond donors (Lipinski definition) is 1. The lowest BCUT2D eigenvalue weighted by molar-refractivity contribution is -0.0598. The number of ether oxygens (including phenoxy) is 2. The van der Waals surface area contributed by atoms with Crippen LogP contribution in [-0.2, 0) is 12.1 Å². The molecule has 2 atom stereocenters. The molecule has 0 radical (unpaired) electrons. The van der Waals surface area contributed by atoms with Crippen LogP contribution in [0, 0.1) is 5.82 Å². The number of aliphatic hydroxyl groups is 1. The Labute approximate surface area is 171 Å². The van der Waals surface area contributed by atoms with Crippen LogP contribution in [0.5, 0.6) is 11.5 Å². The van der Waals surface area contributed by atoms with Crippen LogP contribution in [0.2, 0.25) is 0 Å². The number of methoxy groups -OCH3 is 1. The molecule has 0 aromatic heterocycles. The monoisotopic (exact) mass is 397 g/mol. The van der Waals surface area contributed by atoms with Gasteiger partial charge in [0.1, 0.15) is 12.4 Å². The highest BCUT2D eigenvalue weighted by Crippen LogP contribution is 2.47. The average molecular weight is 397 g/mol. The van der Waals surface area contributed by atoms with Gasteiger partial charge >= 0.3 is 0 Å². The Hall–Kier alpha value is -2.37. The number of para-hydroxylation sites is 1. The highest BCUT2D eigenvalue weighted by Gasteiger charge is 2.48. The van der Waals surface area contributed by atoms with Crippen LogP contribution in [0.1, 0.15) is 36.8 Å². The quantitative estimate of drug-likeness (QED) is 0.703. The summed E-state index contributed by atoms with van der Waals surface area (Å²) in [5.41, 5.74) is 0.783. The molecular weight excluding hydrogens is 369 g/mol. The fraction of sp³-hybridized carbons (Fsp3) is 0.417. The van der Waals surface area contributed by atoms with Crippen LogP contribution in [-0.4, -0.2) is 35.8 Å². The van der Waals surface area contributed by atoms with Crippen molar-refractivity contribution in [1.82, 2.24) is 4.90 Å². The summed E-state index contributed by atoms with van der Waals surface area (Å²) in [6.07, 6.45) is 5.02. The van der Waals surface area contributed by atoms with Gasteiger partial charge in [-0.2, -0.15) is 0 Å². The van der Waals surface area contributed by atoms with Gasteiger partial charge in [-0.25, -0.2) is 4.39 Å². The predicted molar refractivity (Wildman–Crippen MR) is 111 cm³/mol. The van der Waals surface area contributed by atoms with E-state index in [0.29, 0.717) is 30.8 Å². The SMILES string of the molecule is C=CCOc1c(CN2[C@@H]3CC[C@@H]2CC(O)(c2cccc(F)c2)C3)cccc1OC. The summed E-state index contributed by atoms with van der Waals surface area (Å²) in [5.74, 6) is 1.16. The van der Waals surface area contributed by atoms with Crippen molar-refractivity contribution < 1.29 is 19.0 Å². The lowest BCUT2D eigenvalue weighted by Crippen LogP contribution is -2.49. The summed E-state index contributed by atoms with van der Waals surface area (Å²) in [6, 6.07) is 12.8. The maximum absolute atomic E-state index is 13.7. The molecule has 5 heteroatoms. The molecule has 2 bridgehead atoms. The minimum Gasteiger partial charge on any atom is -0.493 e. The molecule has 2 aliphatic rings. The number of hydrogen-bond acceptors (Lipinski definition) is 4. The highest BCUT2D eigenvalue weighted by molar-refractivity contribution is 5.47. The number of benzene rings is 2.